The summed E-state index contributed by atoms with van der Waals surface area (Å²) in [5, 5.41) is 11.3. The molecule has 4 rings (SSSR count). The maximum absolute atomic E-state index is 13.6. The number of aromatic nitrogens is 2. The van der Waals surface area contributed by atoms with Crippen LogP contribution in [0.3, 0.4) is 0 Å². The number of primary sulfonamides is 1. The Morgan fingerprint density at radius 3 is 2.48 bits per heavy atom. The van der Waals surface area contributed by atoms with Gasteiger partial charge in [0.1, 0.15) is 6.04 Å². The number of hydrogen-bond donors (Lipinski definition) is 3. The van der Waals surface area contributed by atoms with E-state index in [-0.39, 0.29) is 22.7 Å². The maximum Gasteiger partial charge on any atom is 0.264 e. The average Bonchev–Trinajstić information content (AvgIpc) is 3.41. The lowest BCUT2D eigenvalue weighted by Gasteiger charge is -2.27. The number of ether oxygens (including phenoxy) is 2. The van der Waals surface area contributed by atoms with E-state index in [9.17, 15) is 18.0 Å². The Balaban J connectivity index is 1.61. The zero-order chi connectivity index (χ0) is 28.9. The van der Waals surface area contributed by atoms with Gasteiger partial charge in [0, 0.05) is 23.6 Å². The molecule has 1 fully saturated rings. The Labute approximate surface area is 234 Å². The van der Waals surface area contributed by atoms with Gasteiger partial charge in [0.05, 0.1) is 19.1 Å². The predicted molar refractivity (Wildman–Crippen MR) is 151 cm³/mol. The molecule has 0 bridgehead atoms. The van der Waals surface area contributed by atoms with E-state index in [1.807, 2.05) is 0 Å². The van der Waals surface area contributed by atoms with Gasteiger partial charge in [-0.2, -0.15) is 0 Å². The first kappa shape index (κ1) is 29.1. The molecule has 214 valence electrons. The Hall–Kier alpha value is -3.90. The third-order valence-corrected chi connectivity index (χ3v) is 8.11. The Bertz CT molecular complexity index is 1480. The van der Waals surface area contributed by atoms with Gasteiger partial charge in [-0.25, -0.2) is 18.5 Å². The van der Waals surface area contributed by atoms with E-state index in [1.165, 1.54) is 49.7 Å². The van der Waals surface area contributed by atoms with Crippen LogP contribution in [0.5, 0.6) is 11.5 Å². The molecule has 0 spiro atoms. The van der Waals surface area contributed by atoms with Crippen molar-refractivity contribution in [2.24, 2.45) is 11.1 Å². The largest absolute Gasteiger partial charge is 0.493 e. The fraction of sp³-hybridized carbons (Fsp3) is 0.393. The van der Waals surface area contributed by atoms with Gasteiger partial charge in [-0.15, -0.1) is 0 Å². The first-order valence-corrected chi connectivity index (χ1v) is 14.7. The quantitative estimate of drug-likeness (QED) is 0.332. The van der Waals surface area contributed by atoms with E-state index >= 15 is 0 Å². The van der Waals surface area contributed by atoms with Crippen molar-refractivity contribution in [2.45, 2.75) is 56.4 Å². The number of amides is 1. The van der Waals surface area contributed by atoms with Gasteiger partial charge in [0.25, 0.3) is 5.91 Å². The molecular formula is C28H35N5O6S. The number of carbonyl (C=O) groups excluding carboxylic acids is 2. The highest BCUT2D eigenvalue weighted by atomic mass is 32.2. The van der Waals surface area contributed by atoms with Crippen molar-refractivity contribution in [2.75, 3.05) is 24.9 Å². The van der Waals surface area contributed by atoms with Crippen molar-refractivity contribution in [3.8, 4) is 11.5 Å². The molecule has 1 aliphatic rings. The standard InChI is InChI=1S/C28H35N5O6S/c1-18-9-11-21(40(29,36)37)17-22(18)31-26(34)23(15-19-7-5-4-6-8-19)32-28-30-13-14-33(28)27(35)20-10-12-24(38-2)25(16-20)39-3/h9-14,16-17,19,23H,4-8,15H2,1-3H3,(H,30,32)(H,31,34)(H2,29,36,37)/t23-/m1/s1. The molecule has 1 aliphatic carbocycles. The number of nitrogens with one attached hydrogen (secondary N) is 2. The molecule has 0 aliphatic heterocycles. The summed E-state index contributed by atoms with van der Waals surface area (Å²) in [7, 11) is -0.941. The monoisotopic (exact) mass is 569 g/mol. The second kappa shape index (κ2) is 12.5. The van der Waals surface area contributed by atoms with Crippen LogP contribution in [0, 0.1) is 12.8 Å². The van der Waals surface area contributed by atoms with Crippen molar-refractivity contribution in [3.05, 3.63) is 59.9 Å². The van der Waals surface area contributed by atoms with Gasteiger partial charge in [0.2, 0.25) is 21.9 Å². The lowest BCUT2D eigenvalue weighted by Crippen LogP contribution is -2.38. The minimum atomic E-state index is -3.95. The van der Waals surface area contributed by atoms with Crippen molar-refractivity contribution in [3.63, 3.8) is 0 Å². The summed E-state index contributed by atoms with van der Waals surface area (Å²) >= 11 is 0. The molecule has 11 nitrogen and oxygen atoms in total. The van der Waals surface area contributed by atoms with Crippen LogP contribution in [-0.4, -0.2) is 50.0 Å². The number of nitrogens with two attached hydrogens (primary N) is 1. The van der Waals surface area contributed by atoms with Gasteiger partial charge < -0.3 is 20.1 Å². The molecule has 4 N–H and O–H groups in total. The van der Waals surface area contributed by atoms with E-state index in [0.717, 1.165) is 25.7 Å². The number of aryl methyl sites for hydroxylation is 1. The number of anilines is 2. The summed E-state index contributed by atoms with van der Waals surface area (Å²) in [4.78, 5) is 31.3. The summed E-state index contributed by atoms with van der Waals surface area (Å²) in [6.07, 6.45) is 8.91. The Morgan fingerprint density at radius 2 is 1.80 bits per heavy atom. The molecular weight excluding hydrogens is 534 g/mol. The smallest absolute Gasteiger partial charge is 0.264 e. The summed E-state index contributed by atoms with van der Waals surface area (Å²) < 4.78 is 35.7. The third-order valence-electron chi connectivity index (χ3n) is 7.20. The average molecular weight is 570 g/mol. The van der Waals surface area contributed by atoms with Crippen LogP contribution >= 0.6 is 0 Å². The summed E-state index contributed by atoms with van der Waals surface area (Å²) in [6.45, 7) is 1.76. The van der Waals surface area contributed by atoms with Crippen molar-refractivity contribution < 1.29 is 27.5 Å². The van der Waals surface area contributed by atoms with E-state index in [1.54, 1.807) is 31.2 Å². The van der Waals surface area contributed by atoms with E-state index in [0.29, 0.717) is 40.7 Å². The van der Waals surface area contributed by atoms with Crippen molar-refractivity contribution in [1.82, 2.24) is 9.55 Å². The highest BCUT2D eigenvalue weighted by Gasteiger charge is 2.27. The van der Waals surface area contributed by atoms with Crippen molar-refractivity contribution >= 4 is 33.5 Å². The van der Waals surface area contributed by atoms with Crippen LogP contribution in [0.15, 0.2) is 53.7 Å². The maximum atomic E-state index is 13.6. The molecule has 1 atom stereocenters. The van der Waals surface area contributed by atoms with Crippen LogP contribution in [0.1, 0.15) is 54.4 Å². The SMILES string of the molecule is COc1ccc(C(=O)n2ccnc2N[C@H](CC2CCCCC2)C(=O)Nc2cc(S(N)(=O)=O)ccc2C)cc1OC. The molecule has 40 heavy (non-hydrogen) atoms. The summed E-state index contributed by atoms with van der Waals surface area (Å²) in [5.41, 5.74) is 1.38. The van der Waals surface area contributed by atoms with Gasteiger partial charge >= 0.3 is 0 Å². The zero-order valence-corrected chi connectivity index (χ0v) is 23.7. The molecule has 1 heterocycles. The fourth-order valence-electron chi connectivity index (χ4n) is 4.96. The number of benzene rings is 2. The highest BCUT2D eigenvalue weighted by Crippen LogP contribution is 2.30. The second-order valence-corrected chi connectivity index (χ2v) is 11.5. The first-order valence-electron chi connectivity index (χ1n) is 13.1. The topological polar surface area (TPSA) is 155 Å². The van der Waals surface area contributed by atoms with Gasteiger partial charge in [-0.1, -0.05) is 38.2 Å². The lowest BCUT2D eigenvalue weighted by atomic mass is 9.84. The van der Waals surface area contributed by atoms with Crippen LogP contribution in [0.25, 0.3) is 0 Å². The first-order chi connectivity index (χ1) is 19.1. The molecule has 1 aromatic heterocycles. The minimum Gasteiger partial charge on any atom is -0.493 e. The molecule has 2 aromatic carbocycles. The van der Waals surface area contributed by atoms with Gasteiger partial charge in [-0.05, 0) is 55.2 Å². The third kappa shape index (κ3) is 6.80. The molecule has 1 amide bonds. The summed E-state index contributed by atoms with van der Waals surface area (Å²) in [5.74, 6) is 0.705. The van der Waals surface area contributed by atoms with E-state index in [4.69, 9.17) is 14.6 Å². The zero-order valence-electron chi connectivity index (χ0n) is 22.8. The molecule has 3 aromatic rings. The number of methoxy groups -OCH3 is 2. The van der Waals surface area contributed by atoms with Crippen LogP contribution < -0.4 is 25.2 Å². The van der Waals surface area contributed by atoms with Gasteiger partial charge in [0.15, 0.2) is 11.5 Å². The minimum absolute atomic E-state index is 0.0961. The predicted octanol–water partition coefficient (Wildman–Crippen LogP) is 3.93. The number of hydrogen-bond acceptors (Lipinski definition) is 8. The second-order valence-electron chi connectivity index (χ2n) is 9.94. The number of nitrogens with zero attached hydrogens (tertiary/aromatic N) is 2. The van der Waals surface area contributed by atoms with Crippen molar-refractivity contribution in [1.29, 1.82) is 0 Å². The number of rotatable bonds is 10. The fourth-order valence-corrected chi connectivity index (χ4v) is 5.50. The molecule has 12 heteroatoms. The highest BCUT2D eigenvalue weighted by molar-refractivity contribution is 7.89. The molecule has 0 radical (unpaired) electrons. The Morgan fingerprint density at radius 1 is 1.07 bits per heavy atom. The summed E-state index contributed by atoms with van der Waals surface area (Å²) in [6, 6.07) is 8.46. The number of imidazole rings is 1. The lowest BCUT2D eigenvalue weighted by molar-refractivity contribution is -0.117. The van der Waals surface area contributed by atoms with Crippen LogP contribution in [0.4, 0.5) is 11.6 Å². The van der Waals surface area contributed by atoms with E-state index in [2.05, 4.69) is 15.6 Å². The van der Waals surface area contributed by atoms with Crippen LogP contribution in [-0.2, 0) is 14.8 Å². The number of sulfonamides is 1. The normalized spacial score (nSPS) is 14.8. The Kier molecular flexibility index (Phi) is 9.10. The molecule has 1 saturated carbocycles. The van der Waals surface area contributed by atoms with Crippen LogP contribution in [0.2, 0.25) is 0 Å². The van der Waals surface area contributed by atoms with E-state index < -0.39 is 16.1 Å². The number of carbonyl (C=O) groups is 2. The molecule has 0 unspecified atom stereocenters. The van der Waals surface area contributed by atoms with Gasteiger partial charge in [-0.3, -0.25) is 14.2 Å². The molecule has 0 saturated heterocycles.